The number of methoxy groups -OCH3 is 2. The number of amides is 1. The first-order chi connectivity index (χ1) is 12.8. The van der Waals surface area contributed by atoms with Crippen LogP contribution in [0.1, 0.15) is 28.4 Å². The SMILES string of the molecule is COC(=O)c1cc(OC)c(C)cc1NC(=O)C=C(C)c1ccc(Br)c(Br)c1. The van der Waals surface area contributed by atoms with Crippen molar-refractivity contribution in [3.8, 4) is 5.75 Å². The lowest BCUT2D eigenvalue weighted by molar-refractivity contribution is -0.111. The van der Waals surface area contributed by atoms with E-state index in [-0.39, 0.29) is 11.5 Å². The van der Waals surface area contributed by atoms with Gasteiger partial charge in [-0.1, -0.05) is 6.07 Å². The van der Waals surface area contributed by atoms with Gasteiger partial charge in [0.15, 0.2) is 0 Å². The molecular weight excluding hydrogens is 478 g/mol. The van der Waals surface area contributed by atoms with Crippen LogP contribution in [0.5, 0.6) is 5.75 Å². The Bertz CT molecular complexity index is 922. The summed E-state index contributed by atoms with van der Waals surface area (Å²) in [7, 11) is 2.81. The Labute approximate surface area is 175 Å². The number of anilines is 1. The normalized spacial score (nSPS) is 11.1. The Kier molecular flexibility index (Phi) is 7.21. The zero-order valence-corrected chi connectivity index (χ0v) is 18.5. The summed E-state index contributed by atoms with van der Waals surface area (Å²) in [6.45, 7) is 3.67. The Morgan fingerprint density at radius 2 is 1.78 bits per heavy atom. The highest BCUT2D eigenvalue weighted by atomic mass is 79.9. The molecule has 27 heavy (non-hydrogen) atoms. The van der Waals surface area contributed by atoms with E-state index < -0.39 is 5.97 Å². The monoisotopic (exact) mass is 495 g/mol. The summed E-state index contributed by atoms with van der Waals surface area (Å²) >= 11 is 6.87. The van der Waals surface area contributed by atoms with Gasteiger partial charge in [0.1, 0.15) is 5.75 Å². The largest absolute Gasteiger partial charge is 0.496 e. The Morgan fingerprint density at radius 1 is 1.07 bits per heavy atom. The van der Waals surface area contributed by atoms with Crippen LogP contribution in [0.2, 0.25) is 0 Å². The lowest BCUT2D eigenvalue weighted by Crippen LogP contribution is -2.14. The first-order valence-corrected chi connectivity index (χ1v) is 9.57. The average molecular weight is 497 g/mol. The molecule has 0 aromatic heterocycles. The Hall–Kier alpha value is -2.12. The average Bonchev–Trinajstić information content (AvgIpc) is 2.63. The molecule has 2 aromatic rings. The van der Waals surface area contributed by atoms with E-state index >= 15 is 0 Å². The van der Waals surface area contributed by atoms with Crippen molar-refractivity contribution in [1.82, 2.24) is 0 Å². The molecule has 2 rings (SSSR count). The number of rotatable bonds is 5. The molecule has 0 bridgehead atoms. The summed E-state index contributed by atoms with van der Waals surface area (Å²) in [4.78, 5) is 24.5. The van der Waals surface area contributed by atoms with Gasteiger partial charge >= 0.3 is 5.97 Å². The number of esters is 1. The first-order valence-electron chi connectivity index (χ1n) is 7.98. The van der Waals surface area contributed by atoms with Crippen molar-refractivity contribution in [2.45, 2.75) is 13.8 Å². The molecule has 0 heterocycles. The highest BCUT2D eigenvalue weighted by Gasteiger charge is 2.17. The minimum Gasteiger partial charge on any atom is -0.496 e. The minimum atomic E-state index is -0.554. The first kappa shape index (κ1) is 21.2. The van der Waals surface area contributed by atoms with Crippen LogP contribution in [0, 0.1) is 6.92 Å². The van der Waals surface area contributed by atoms with Gasteiger partial charge in [0.2, 0.25) is 5.91 Å². The topological polar surface area (TPSA) is 64.6 Å². The molecule has 0 spiro atoms. The molecule has 0 saturated carbocycles. The number of benzene rings is 2. The van der Waals surface area contributed by atoms with Crippen LogP contribution in [0.4, 0.5) is 5.69 Å². The summed E-state index contributed by atoms with van der Waals surface area (Å²) in [5.74, 6) is -0.359. The van der Waals surface area contributed by atoms with E-state index in [0.717, 1.165) is 25.6 Å². The third-order valence-corrected chi connectivity index (χ3v) is 5.80. The van der Waals surface area contributed by atoms with Gasteiger partial charge in [-0.15, -0.1) is 0 Å². The van der Waals surface area contributed by atoms with Crippen LogP contribution in [0.3, 0.4) is 0 Å². The number of ether oxygens (including phenoxy) is 2. The molecule has 1 amide bonds. The predicted octanol–water partition coefficient (Wildman–Crippen LogP) is 5.36. The molecule has 0 radical (unpaired) electrons. The maximum atomic E-state index is 12.5. The van der Waals surface area contributed by atoms with E-state index in [4.69, 9.17) is 9.47 Å². The lowest BCUT2D eigenvalue weighted by atomic mass is 10.1. The fourth-order valence-corrected chi connectivity index (χ4v) is 3.11. The summed E-state index contributed by atoms with van der Waals surface area (Å²) in [6.07, 6.45) is 1.48. The number of hydrogen-bond acceptors (Lipinski definition) is 4. The maximum absolute atomic E-state index is 12.5. The molecule has 0 aliphatic rings. The van der Waals surface area contributed by atoms with Gasteiger partial charge in [-0.3, -0.25) is 4.79 Å². The molecule has 0 atom stereocenters. The molecule has 0 saturated heterocycles. The zero-order valence-electron chi connectivity index (χ0n) is 15.4. The van der Waals surface area contributed by atoms with Crippen LogP contribution in [-0.4, -0.2) is 26.1 Å². The molecule has 0 unspecified atom stereocenters. The highest BCUT2D eigenvalue weighted by molar-refractivity contribution is 9.13. The van der Waals surface area contributed by atoms with E-state index in [1.165, 1.54) is 20.3 Å². The van der Waals surface area contributed by atoms with Crippen molar-refractivity contribution in [1.29, 1.82) is 0 Å². The smallest absolute Gasteiger partial charge is 0.340 e. The summed E-state index contributed by atoms with van der Waals surface area (Å²) in [6, 6.07) is 8.96. The van der Waals surface area contributed by atoms with Crippen molar-refractivity contribution in [2.75, 3.05) is 19.5 Å². The van der Waals surface area contributed by atoms with Gasteiger partial charge < -0.3 is 14.8 Å². The standard InChI is InChI=1S/C20H19Br2NO4/c1-11(13-5-6-15(21)16(22)9-13)8-19(24)23-17-7-12(2)18(26-3)10-14(17)20(25)27-4/h5-10H,1-4H3,(H,23,24). The molecule has 0 aliphatic carbocycles. The van der Waals surface area contributed by atoms with E-state index in [9.17, 15) is 9.59 Å². The van der Waals surface area contributed by atoms with E-state index in [1.54, 1.807) is 12.1 Å². The van der Waals surface area contributed by atoms with Gasteiger partial charge in [0.05, 0.1) is 25.5 Å². The highest BCUT2D eigenvalue weighted by Crippen LogP contribution is 2.29. The van der Waals surface area contributed by atoms with Crippen molar-refractivity contribution in [3.63, 3.8) is 0 Å². The van der Waals surface area contributed by atoms with E-state index in [0.29, 0.717) is 11.4 Å². The second kappa shape index (κ2) is 9.19. The number of halogens is 2. The molecule has 2 aromatic carbocycles. The minimum absolute atomic E-state index is 0.228. The fraction of sp³-hybridized carbons (Fsp3) is 0.200. The van der Waals surface area contributed by atoms with Crippen LogP contribution in [-0.2, 0) is 9.53 Å². The van der Waals surface area contributed by atoms with Gasteiger partial charge in [-0.25, -0.2) is 4.79 Å². The molecule has 7 heteroatoms. The molecule has 142 valence electrons. The number of aryl methyl sites for hydroxylation is 1. The predicted molar refractivity (Wildman–Crippen MR) is 113 cm³/mol. The third kappa shape index (κ3) is 5.20. The van der Waals surface area contributed by atoms with Gasteiger partial charge in [-0.05, 0) is 86.7 Å². The van der Waals surface area contributed by atoms with Crippen LogP contribution >= 0.6 is 31.9 Å². The summed E-state index contributed by atoms with van der Waals surface area (Å²) in [5, 5.41) is 2.75. The van der Waals surface area contributed by atoms with Crippen molar-refractivity contribution in [3.05, 3.63) is 62.0 Å². The molecule has 5 nitrogen and oxygen atoms in total. The Balaban J connectivity index is 2.32. The van der Waals surface area contributed by atoms with Crippen LogP contribution in [0.25, 0.3) is 5.57 Å². The number of carbonyl (C=O) groups is 2. The van der Waals surface area contributed by atoms with E-state index in [2.05, 4.69) is 37.2 Å². The Morgan fingerprint density at radius 3 is 2.37 bits per heavy atom. The van der Waals surface area contributed by atoms with Crippen molar-refractivity contribution in [2.24, 2.45) is 0 Å². The summed E-state index contributed by atoms with van der Waals surface area (Å²) in [5.41, 5.74) is 3.07. The second-order valence-corrected chi connectivity index (χ2v) is 7.51. The van der Waals surface area contributed by atoms with Gasteiger partial charge in [0, 0.05) is 15.0 Å². The number of nitrogens with one attached hydrogen (secondary N) is 1. The lowest BCUT2D eigenvalue weighted by Gasteiger charge is -2.13. The van der Waals surface area contributed by atoms with Gasteiger partial charge in [0.25, 0.3) is 0 Å². The number of hydrogen-bond donors (Lipinski definition) is 1. The quantitative estimate of drug-likeness (QED) is 0.447. The summed E-state index contributed by atoms with van der Waals surface area (Å²) < 4.78 is 11.9. The van der Waals surface area contributed by atoms with Crippen molar-refractivity contribution < 1.29 is 19.1 Å². The number of allylic oxidation sites excluding steroid dienone is 1. The van der Waals surface area contributed by atoms with Crippen molar-refractivity contribution >= 4 is 55.0 Å². The molecule has 0 aliphatic heterocycles. The van der Waals surface area contributed by atoms with Crippen LogP contribution in [0.15, 0.2) is 45.4 Å². The molecule has 0 fully saturated rings. The third-order valence-electron chi connectivity index (χ3n) is 3.92. The van der Waals surface area contributed by atoms with Gasteiger partial charge in [-0.2, -0.15) is 0 Å². The van der Waals surface area contributed by atoms with Crippen LogP contribution < -0.4 is 10.1 Å². The van der Waals surface area contributed by atoms with E-state index in [1.807, 2.05) is 32.0 Å². The number of carbonyl (C=O) groups excluding carboxylic acids is 2. The fourth-order valence-electron chi connectivity index (χ4n) is 2.48. The molecular formula is C20H19Br2NO4. The second-order valence-electron chi connectivity index (χ2n) is 5.80. The zero-order chi connectivity index (χ0) is 20.1. The maximum Gasteiger partial charge on any atom is 0.340 e. The molecule has 1 N–H and O–H groups in total.